The van der Waals surface area contributed by atoms with Crippen LogP contribution in [0.3, 0.4) is 0 Å². The molecule has 0 aliphatic carbocycles. The first kappa shape index (κ1) is 18.5. The number of nitrogens with one attached hydrogen (secondary N) is 2. The van der Waals surface area contributed by atoms with E-state index in [2.05, 4.69) is 65.0 Å². The minimum absolute atomic E-state index is 0.373. The van der Waals surface area contributed by atoms with Gasteiger partial charge in [0.15, 0.2) is 5.96 Å². The first-order valence-corrected chi connectivity index (χ1v) is 8.19. The van der Waals surface area contributed by atoms with Gasteiger partial charge in [0.1, 0.15) is 12.2 Å². The topological polar surface area (TPSA) is 67.1 Å². The molecule has 1 unspecified atom stereocenters. The molecule has 0 fully saturated rings. The van der Waals surface area contributed by atoms with E-state index >= 15 is 0 Å². The largest absolute Gasteiger partial charge is 0.355 e. The minimum Gasteiger partial charge on any atom is -0.355 e. The van der Waals surface area contributed by atoms with Crippen molar-refractivity contribution in [3.05, 3.63) is 12.2 Å². The van der Waals surface area contributed by atoms with Crippen LogP contribution in [0.5, 0.6) is 0 Å². The third-order valence-electron chi connectivity index (χ3n) is 3.59. The molecule has 1 aromatic rings. The number of rotatable bonds is 7. The lowest BCUT2D eigenvalue weighted by atomic mass is 9.89. The van der Waals surface area contributed by atoms with Crippen LogP contribution in [0.25, 0.3) is 0 Å². The highest BCUT2D eigenvalue weighted by atomic mass is 15.3. The van der Waals surface area contributed by atoms with Gasteiger partial charge in [0.25, 0.3) is 0 Å². The standard InChI is InChI=1S/C16H32N6/c1-7-14-21-19-12-22(14)11-10-18-15(17-6)20-13(2)8-9-16(3,4)5/h12-13H,7-11H2,1-6H3,(H2,17,18,20). The van der Waals surface area contributed by atoms with Crippen molar-refractivity contribution in [2.24, 2.45) is 10.4 Å². The summed E-state index contributed by atoms with van der Waals surface area (Å²) in [7, 11) is 1.81. The smallest absolute Gasteiger partial charge is 0.191 e. The Hall–Kier alpha value is -1.59. The van der Waals surface area contributed by atoms with E-state index in [1.54, 1.807) is 6.33 Å². The number of aliphatic imine (C=N–C) groups is 1. The summed E-state index contributed by atoms with van der Waals surface area (Å²) >= 11 is 0. The van der Waals surface area contributed by atoms with E-state index < -0.39 is 0 Å². The molecule has 0 saturated carbocycles. The maximum atomic E-state index is 4.29. The lowest BCUT2D eigenvalue weighted by Crippen LogP contribution is -2.43. The van der Waals surface area contributed by atoms with Crippen LogP contribution in [0, 0.1) is 5.41 Å². The first-order chi connectivity index (χ1) is 10.4. The van der Waals surface area contributed by atoms with E-state index in [1.165, 1.54) is 6.42 Å². The molecule has 2 N–H and O–H groups in total. The van der Waals surface area contributed by atoms with E-state index in [4.69, 9.17) is 0 Å². The predicted molar refractivity (Wildman–Crippen MR) is 92.0 cm³/mol. The molecular weight excluding hydrogens is 276 g/mol. The Labute approximate surface area is 134 Å². The molecule has 0 bridgehead atoms. The zero-order valence-electron chi connectivity index (χ0n) is 15.0. The summed E-state index contributed by atoms with van der Waals surface area (Å²) in [6, 6.07) is 0.409. The van der Waals surface area contributed by atoms with Crippen molar-refractivity contribution in [1.82, 2.24) is 25.4 Å². The van der Waals surface area contributed by atoms with Gasteiger partial charge in [-0.2, -0.15) is 0 Å². The second kappa shape index (κ2) is 8.76. The lowest BCUT2D eigenvalue weighted by Gasteiger charge is -2.23. The number of guanidine groups is 1. The van der Waals surface area contributed by atoms with Crippen LogP contribution >= 0.6 is 0 Å². The maximum Gasteiger partial charge on any atom is 0.191 e. The zero-order valence-corrected chi connectivity index (χ0v) is 15.0. The summed E-state index contributed by atoms with van der Waals surface area (Å²) in [4.78, 5) is 4.29. The molecule has 1 aromatic heterocycles. The molecule has 1 rings (SSSR count). The molecule has 0 aromatic carbocycles. The number of hydrogen-bond acceptors (Lipinski definition) is 3. The summed E-state index contributed by atoms with van der Waals surface area (Å²) in [6.45, 7) is 12.8. The molecule has 126 valence electrons. The predicted octanol–water partition coefficient (Wildman–Crippen LogP) is 2.22. The molecule has 0 radical (unpaired) electrons. The molecule has 22 heavy (non-hydrogen) atoms. The summed E-state index contributed by atoms with van der Waals surface area (Å²) in [5.74, 6) is 1.87. The van der Waals surface area contributed by atoms with Gasteiger partial charge in [-0.05, 0) is 25.2 Å². The SMILES string of the molecule is CCc1nncn1CCNC(=NC)NC(C)CCC(C)(C)C. The van der Waals surface area contributed by atoms with Gasteiger partial charge in [0, 0.05) is 32.6 Å². The quantitative estimate of drug-likeness (QED) is 0.599. The molecule has 0 saturated heterocycles. The zero-order chi connectivity index (χ0) is 16.6. The van der Waals surface area contributed by atoms with Gasteiger partial charge < -0.3 is 15.2 Å². The highest BCUT2D eigenvalue weighted by Gasteiger charge is 2.13. The second-order valence-corrected chi connectivity index (χ2v) is 6.94. The van der Waals surface area contributed by atoms with Crippen LogP contribution in [-0.2, 0) is 13.0 Å². The molecule has 6 nitrogen and oxygen atoms in total. The average molecular weight is 308 g/mol. The Morgan fingerprint density at radius 2 is 2.14 bits per heavy atom. The van der Waals surface area contributed by atoms with Crippen LogP contribution in [-0.4, -0.2) is 40.4 Å². The Balaban J connectivity index is 2.33. The fourth-order valence-electron chi connectivity index (χ4n) is 2.18. The third kappa shape index (κ3) is 6.91. The number of aryl methyl sites for hydroxylation is 1. The third-order valence-corrected chi connectivity index (χ3v) is 3.59. The van der Waals surface area contributed by atoms with Crippen LogP contribution in [0.15, 0.2) is 11.3 Å². The normalized spacial score (nSPS) is 14.0. The molecule has 1 atom stereocenters. The molecular formula is C16H32N6. The fraction of sp³-hybridized carbons (Fsp3) is 0.812. The molecule has 0 spiro atoms. The minimum atomic E-state index is 0.373. The Morgan fingerprint density at radius 1 is 1.41 bits per heavy atom. The monoisotopic (exact) mass is 308 g/mol. The maximum absolute atomic E-state index is 4.29. The van der Waals surface area contributed by atoms with Crippen molar-refractivity contribution in [1.29, 1.82) is 0 Å². The van der Waals surface area contributed by atoms with Gasteiger partial charge in [0.2, 0.25) is 0 Å². The summed E-state index contributed by atoms with van der Waals surface area (Å²) in [6.07, 6.45) is 5.01. The van der Waals surface area contributed by atoms with Crippen molar-refractivity contribution < 1.29 is 0 Å². The summed E-state index contributed by atoms with van der Waals surface area (Å²) < 4.78 is 2.07. The van der Waals surface area contributed by atoms with Gasteiger partial charge >= 0.3 is 0 Å². The number of nitrogens with zero attached hydrogens (tertiary/aromatic N) is 4. The van der Waals surface area contributed by atoms with Crippen molar-refractivity contribution in [3.8, 4) is 0 Å². The fourth-order valence-corrected chi connectivity index (χ4v) is 2.18. The van der Waals surface area contributed by atoms with Crippen molar-refractivity contribution in [2.45, 2.75) is 66.5 Å². The average Bonchev–Trinajstić information content (AvgIpc) is 2.90. The van der Waals surface area contributed by atoms with Crippen LogP contribution in [0.4, 0.5) is 0 Å². The number of hydrogen-bond donors (Lipinski definition) is 2. The van der Waals surface area contributed by atoms with Crippen molar-refractivity contribution >= 4 is 5.96 Å². The van der Waals surface area contributed by atoms with E-state index in [9.17, 15) is 0 Å². The van der Waals surface area contributed by atoms with E-state index in [0.29, 0.717) is 11.5 Å². The first-order valence-electron chi connectivity index (χ1n) is 8.19. The Kier molecular flexibility index (Phi) is 7.35. The van der Waals surface area contributed by atoms with Gasteiger partial charge in [-0.25, -0.2) is 0 Å². The van der Waals surface area contributed by atoms with Crippen LogP contribution in [0.1, 0.15) is 53.3 Å². The van der Waals surface area contributed by atoms with Gasteiger partial charge in [-0.3, -0.25) is 4.99 Å². The van der Waals surface area contributed by atoms with Crippen molar-refractivity contribution in [3.63, 3.8) is 0 Å². The van der Waals surface area contributed by atoms with E-state index in [0.717, 1.165) is 37.7 Å². The molecule has 0 amide bonds. The van der Waals surface area contributed by atoms with E-state index in [1.807, 2.05) is 7.05 Å². The molecule has 1 heterocycles. The van der Waals surface area contributed by atoms with Gasteiger partial charge in [-0.15, -0.1) is 10.2 Å². The molecule has 6 heteroatoms. The highest BCUT2D eigenvalue weighted by Crippen LogP contribution is 2.21. The summed E-state index contributed by atoms with van der Waals surface area (Å²) in [5.41, 5.74) is 0.373. The molecule has 0 aliphatic rings. The van der Waals surface area contributed by atoms with Crippen molar-refractivity contribution in [2.75, 3.05) is 13.6 Å². The van der Waals surface area contributed by atoms with Gasteiger partial charge in [0.05, 0.1) is 0 Å². The Bertz CT molecular complexity index is 457. The highest BCUT2D eigenvalue weighted by molar-refractivity contribution is 5.79. The summed E-state index contributed by atoms with van der Waals surface area (Å²) in [5, 5.41) is 14.8. The van der Waals surface area contributed by atoms with Gasteiger partial charge in [-0.1, -0.05) is 27.7 Å². The number of aromatic nitrogens is 3. The van der Waals surface area contributed by atoms with Crippen LogP contribution in [0.2, 0.25) is 0 Å². The lowest BCUT2D eigenvalue weighted by molar-refractivity contribution is 0.346. The van der Waals surface area contributed by atoms with E-state index in [-0.39, 0.29) is 0 Å². The van der Waals surface area contributed by atoms with Crippen LogP contribution < -0.4 is 10.6 Å². The Morgan fingerprint density at radius 3 is 2.73 bits per heavy atom. The molecule has 0 aliphatic heterocycles. The second-order valence-electron chi connectivity index (χ2n) is 6.94.